The molecule has 1 rings (SSSR count). The quantitative estimate of drug-likeness (QED) is 0.869. The van der Waals surface area contributed by atoms with Gasteiger partial charge in [-0.3, -0.25) is 0 Å². The fourth-order valence-corrected chi connectivity index (χ4v) is 2.38. The van der Waals surface area contributed by atoms with Gasteiger partial charge >= 0.3 is 0 Å². The van der Waals surface area contributed by atoms with Crippen molar-refractivity contribution in [2.24, 2.45) is 0 Å². The first-order valence-corrected chi connectivity index (χ1v) is 7.09. The van der Waals surface area contributed by atoms with Crippen molar-refractivity contribution in [1.82, 2.24) is 0 Å². The highest BCUT2D eigenvalue weighted by molar-refractivity contribution is 9.10. The van der Waals surface area contributed by atoms with E-state index >= 15 is 0 Å². The van der Waals surface area contributed by atoms with Gasteiger partial charge < -0.3 is 9.84 Å². The Morgan fingerprint density at radius 2 is 2.13 bits per heavy atom. The first kappa shape index (κ1) is 12.6. The SMILES string of the molecule is COc1c(CS(=O)(=O)Cl)ccc(Br)c1O. The summed E-state index contributed by atoms with van der Waals surface area (Å²) in [5.74, 6) is -0.428. The van der Waals surface area contributed by atoms with Gasteiger partial charge in [-0.2, -0.15) is 0 Å². The van der Waals surface area contributed by atoms with Gasteiger partial charge in [0.05, 0.1) is 17.3 Å². The summed E-state index contributed by atoms with van der Waals surface area (Å²) in [6.07, 6.45) is 0. The van der Waals surface area contributed by atoms with E-state index in [4.69, 9.17) is 15.4 Å². The van der Waals surface area contributed by atoms with Crippen LogP contribution in [-0.4, -0.2) is 20.6 Å². The van der Waals surface area contributed by atoms with Gasteiger partial charge in [0.1, 0.15) is 0 Å². The zero-order valence-electron chi connectivity index (χ0n) is 7.70. The fourth-order valence-electron chi connectivity index (χ4n) is 1.12. The van der Waals surface area contributed by atoms with E-state index in [0.717, 1.165) is 0 Å². The smallest absolute Gasteiger partial charge is 0.236 e. The molecular weight excluding hydrogens is 308 g/mol. The second-order valence-electron chi connectivity index (χ2n) is 2.77. The molecule has 0 aliphatic carbocycles. The molecule has 1 aromatic carbocycles. The third kappa shape index (κ3) is 3.25. The number of benzene rings is 1. The van der Waals surface area contributed by atoms with Crippen molar-refractivity contribution in [3.05, 3.63) is 22.2 Å². The van der Waals surface area contributed by atoms with Gasteiger partial charge in [0, 0.05) is 16.2 Å². The molecule has 0 aromatic heterocycles. The zero-order chi connectivity index (χ0) is 11.6. The molecule has 0 heterocycles. The molecule has 0 unspecified atom stereocenters. The van der Waals surface area contributed by atoms with Crippen LogP contribution in [0.4, 0.5) is 0 Å². The minimum absolute atomic E-state index is 0.105. The standard InChI is InChI=1S/C8H8BrClO4S/c1-14-8-5(4-15(10,12)13)2-3-6(9)7(8)11/h2-3,11H,4H2,1H3. The van der Waals surface area contributed by atoms with E-state index < -0.39 is 14.8 Å². The summed E-state index contributed by atoms with van der Waals surface area (Å²) in [5, 5.41) is 9.57. The maximum atomic E-state index is 10.9. The normalized spacial score (nSPS) is 11.4. The van der Waals surface area contributed by atoms with Crippen LogP contribution in [0.15, 0.2) is 16.6 Å². The number of hydrogen-bond acceptors (Lipinski definition) is 4. The highest BCUT2D eigenvalue weighted by atomic mass is 79.9. The van der Waals surface area contributed by atoms with E-state index in [9.17, 15) is 13.5 Å². The number of aromatic hydroxyl groups is 1. The van der Waals surface area contributed by atoms with Crippen LogP contribution in [0.25, 0.3) is 0 Å². The summed E-state index contributed by atoms with van der Waals surface area (Å²) in [4.78, 5) is 0. The summed E-state index contributed by atoms with van der Waals surface area (Å²) < 4.78 is 27.1. The molecule has 0 fully saturated rings. The molecule has 0 atom stereocenters. The minimum atomic E-state index is -3.67. The summed E-state index contributed by atoms with van der Waals surface area (Å²) in [6.45, 7) is 0. The van der Waals surface area contributed by atoms with Crippen molar-refractivity contribution in [1.29, 1.82) is 0 Å². The lowest BCUT2D eigenvalue weighted by atomic mass is 10.2. The van der Waals surface area contributed by atoms with Crippen LogP contribution >= 0.6 is 26.6 Å². The van der Waals surface area contributed by atoms with Crippen molar-refractivity contribution in [3.63, 3.8) is 0 Å². The molecule has 0 aliphatic rings. The van der Waals surface area contributed by atoms with E-state index in [1.165, 1.54) is 19.2 Å². The largest absolute Gasteiger partial charge is 0.503 e. The van der Waals surface area contributed by atoms with Gasteiger partial charge in [0.2, 0.25) is 9.05 Å². The molecule has 4 nitrogen and oxygen atoms in total. The van der Waals surface area contributed by atoms with Gasteiger partial charge in [-0.05, 0) is 22.0 Å². The molecule has 7 heteroatoms. The van der Waals surface area contributed by atoms with Gasteiger partial charge in [-0.25, -0.2) is 8.42 Å². The van der Waals surface area contributed by atoms with Gasteiger partial charge in [0.25, 0.3) is 0 Å². The van der Waals surface area contributed by atoms with Crippen LogP contribution in [0.1, 0.15) is 5.56 Å². The Morgan fingerprint density at radius 3 is 2.60 bits per heavy atom. The lowest BCUT2D eigenvalue weighted by Gasteiger charge is -2.09. The second-order valence-corrected chi connectivity index (χ2v) is 6.40. The van der Waals surface area contributed by atoms with E-state index in [2.05, 4.69) is 15.9 Å². The maximum Gasteiger partial charge on any atom is 0.236 e. The van der Waals surface area contributed by atoms with Crippen LogP contribution < -0.4 is 4.74 Å². The summed E-state index contributed by atoms with van der Waals surface area (Å²) in [6, 6.07) is 3.04. The molecule has 0 saturated carbocycles. The number of hydrogen-bond donors (Lipinski definition) is 1. The number of phenols is 1. The number of rotatable bonds is 3. The van der Waals surface area contributed by atoms with Crippen molar-refractivity contribution in [2.45, 2.75) is 5.75 Å². The van der Waals surface area contributed by atoms with Crippen molar-refractivity contribution in [3.8, 4) is 11.5 Å². The average molecular weight is 316 g/mol. The van der Waals surface area contributed by atoms with Crippen molar-refractivity contribution in [2.75, 3.05) is 7.11 Å². The van der Waals surface area contributed by atoms with Gasteiger partial charge in [-0.1, -0.05) is 6.07 Å². The first-order valence-electron chi connectivity index (χ1n) is 3.82. The Morgan fingerprint density at radius 1 is 1.53 bits per heavy atom. The van der Waals surface area contributed by atoms with Crippen LogP contribution in [0.3, 0.4) is 0 Å². The molecule has 1 N–H and O–H groups in total. The third-order valence-corrected chi connectivity index (χ3v) is 3.32. The molecule has 0 spiro atoms. The highest BCUT2D eigenvalue weighted by Gasteiger charge is 2.16. The predicted molar refractivity (Wildman–Crippen MR) is 60.8 cm³/mol. The number of ether oxygens (including phenoxy) is 1. The Kier molecular flexibility index (Phi) is 3.86. The summed E-state index contributed by atoms with van der Waals surface area (Å²) >= 11 is 3.09. The van der Waals surface area contributed by atoms with E-state index in [1.807, 2.05) is 0 Å². The molecule has 15 heavy (non-hydrogen) atoms. The lowest BCUT2D eigenvalue weighted by Crippen LogP contribution is -1.99. The molecule has 0 amide bonds. The van der Waals surface area contributed by atoms with Gasteiger partial charge in [-0.15, -0.1) is 0 Å². The molecule has 0 bridgehead atoms. The molecule has 0 saturated heterocycles. The Bertz CT molecular complexity index is 472. The van der Waals surface area contributed by atoms with Crippen LogP contribution in [0, 0.1) is 0 Å². The summed E-state index contributed by atoms with van der Waals surface area (Å²) in [5.41, 5.74) is 0.313. The van der Waals surface area contributed by atoms with Crippen LogP contribution in [-0.2, 0) is 14.8 Å². The summed E-state index contributed by atoms with van der Waals surface area (Å²) in [7, 11) is 2.78. The van der Waals surface area contributed by atoms with Gasteiger partial charge in [0.15, 0.2) is 11.5 Å². The Hall–Kier alpha value is -0.460. The van der Waals surface area contributed by atoms with Crippen LogP contribution in [0.2, 0.25) is 0 Å². The number of methoxy groups -OCH3 is 1. The molecule has 0 radical (unpaired) electrons. The monoisotopic (exact) mass is 314 g/mol. The number of halogens is 2. The third-order valence-electron chi connectivity index (χ3n) is 1.70. The van der Waals surface area contributed by atoms with E-state index in [1.54, 1.807) is 0 Å². The first-order chi connectivity index (χ1) is 6.85. The zero-order valence-corrected chi connectivity index (χ0v) is 10.9. The fraction of sp³-hybridized carbons (Fsp3) is 0.250. The molecule has 84 valence electrons. The Labute approximate surface area is 100 Å². The van der Waals surface area contributed by atoms with Crippen LogP contribution in [0.5, 0.6) is 11.5 Å². The maximum absolute atomic E-state index is 10.9. The topological polar surface area (TPSA) is 63.6 Å². The van der Waals surface area contributed by atoms with Crippen molar-refractivity contribution < 1.29 is 18.3 Å². The Balaban J connectivity index is 3.25. The molecule has 0 aliphatic heterocycles. The minimum Gasteiger partial charge on any atom is -0.503 e. The average Bonchev–Trinajstić information content (AvgIpc) is 2.10. The number of phenolic OH excluding ortho intramolecular Hbond substituents is 1. The molecule has 1 aromatic rings. The van der Waals surface area contributed by atoms with E-state index in [0.29, 0.717) is 10.0 Å². The van der Waals surface area contributed by atoms with Crippen molar-refractivity contribution >= 4 is 35.7 Å². The second kappa shape index (κ2) is 4.59. The molecular formula is C8H8BrClO4S. The predicted octanol–water partition coefficient (Wildman–Crippen LogP) is 2.23. The lowest BCUT2D eigenvalue weighted by molar-refractivity contribution is 0.369. The highest BCUT2D eigenvalue weighted by Crippen LogP contribution is 2.37. The van der Waals surface area contributed by atoms with E-state index in [-0.39, 0.29) is 11.5 Å².